The minimum Gasteiger partial charge on any atom is -0.379 e. The van der Waals surface area contributed by atoms with E-state index in [1.54, 1.807) is 13.0 Å². The molecule has 1 aromatic heterocycles. The smallest absolute Gasteiger partial charge is 0.268 e. The molecule has 1 aromatic carbocycles. The summed E-state index contributed by atoms with van der Waals surface area (Å²) in [5.41, 5.74) is 0.230. The number of aryl methyl sites for hydroxylation is 1. The molecule has 29 heavy (non-hydrogen) atoms. The van der Waals surface area contributed by atoms with E-state index in [9.17, 15) is 22.4 Å². The summed E-state index contributed by atoms with van der Waals surface area (Å²) < 4.78 is 45.5. The molecule has 0 aliphatic carbocycles. The number of pyridine rings is 1. The number of amides is 1. The number of nitrogens with one attached hydrogen (secondary N) is 1. The van der Waals surface area contributed by atoms with Crippen molar-refractivity contribution in [2.75, 3.05) is 38.6 Å². The van der Waals surface area contributed by atoms with Crippen LogP contribution in [-0.4, -0.2) is 61.8 Å². The van der Waals surface area contributed by atoms with Gasteiger partial charge < -0.3 is 10.1 Å². The first-order valence-electron chi connectivity index (χ1n) is 9.11. The van der Waals surface area contributed by atoms with E-state index in [-0.39, 0.29) is 31.0 Å². The summed E-state index contributed by atoms with van der Waals surface area (Å²) in [6.45, 7) is 2.76. The summed E-state index contributed by atoms with van der Waals surface area (Å²) >= 11 is 0. The molecule has 10 heteroatoms. The topological polar surface area (TPSA) is 97.7 Å². The van der Waals surface area contributed by atoms with Crippen LogP contribution in [0.1, 0.15) is 15.9 Å². The lowest BCUT2D eigenvalue weighted by molar-refractivity contribution is 0.0730. The van der Waals surface area contributed by atoms with Crippen LogP contribution >= 0.6 is 0 Å². The number of benzene rings is 1. The molecule has 1 aliphatic rings. The third-order valence-electron chi connectivity index (χ3n) is 4.64. The molecule has 0 saturated carbocycles. The molecule has 1 amide bonds. The molecule has 2 heterocycles. The van der Waals surface area contributed by atoms with Crippen LogP contribution in [-0.2, 0) is 14.8 Å². The van der Waals surface area contributed by atoms with Crippen molar-refractivity contribution in [3.8, 4) is 5.69 Å². The maximum Gasteiger partial charge on any atom is 0.268 e. The van der Waals surface area contributed by atoms with Gasteiger partial charge in [0.05, 0.1) is 19.0 Å². The van der Waals surface area contributed by atoms with Gasteiger partial charge in [-0.3, -0.25) is 14.2 Å². The van der Waals surface area contributed by atoms with Crippen molar-refractivity contribution >= 4 is 15.9 Å². The van der Waals surface area contributed by atoms with Gasteiger partial charge in [0.15, 0.2) is 0 Å². The highest BCUT2D eigenvalue weighted by Gasteiger charge is 2.24. The maximum absolute atomic E-state index is 13.1. The van der Waals surface area contributed by atoms with Crippen molar-refractivity contribution in [2.24, 2.45) is 0 Å². The molecule has 0 radical (unpaired) electrons. The molecule has 1 fully saturated rings. The molecule has 0 unspecified atom stereocenters. The Morgan fingerprint density at radius 2 is 1.83 bits per heavy atom. The molecule has 0 atom stereocenters. The summed E-state index contributed by atoms with van der Waals surface area (Å²) in [5, 5.41) is 2.51. The Morgan fingerprint density at radius 1 is 1.17 bits per heavy atom. The Labute approximate surface area is 168 Å². The number of halogens is 1. The van der Waals surface area contributed by atoms with Crippen molar-refractivity contribution in [3.05, 3.63) is 63.8 Å². The normalized spacial score (nSPS) is 15.2. The zero-order valence-corrected chi connectivity index (χ0v) is 16.7. The van der Waals surface area contributed by atoms with Gasteiger partial charge in [-0.25, -0.2) is 12.8 Å². The summed E-state index contributed by atoms with van der Waals surface area (Å²) in [6, 6.07) is 6.91. The first-order chi connectivity index (χ1) is 13.8. The third kappa shape index (κ3) is 4.89. The van der Waals surface area contributed by atoms with E-state index in [0.717, 1.165) is 0 Å². The van der Waals surface area contributed by atoms with Gasteiger partial charge in [-0.2, -0.15) is 4.31 Å². The Kier molecular flexibility index (Phi) is 6.46. The second kappa shape index (κ2) is 8.85. The van der Waals surface area contributed by atoms with Crippen molar-refractivity contribution in [1.82, 2.24) is 14.2 Å². The zero-order chi connectivity index (χ0) is 21.0. The monoisotopic (exact) mass is 423 g/mol. The summed E-state index contributed by atoms with van der Waals surface area (Å²) in [4.78, 5) is 25.4. The van der Waals surface area contributed by atoms with E-state index in [1.807, 2.05) is 0 Å². The number of rotatable bonds is 6. The van der Waals surface area contributed by atoms with Gasteiger partial charge in [-0.15, -0.1) is 0 Å². The minimum absolute atomic E-state index is 0.0828. The lowest BCUT2D eigenvalue weighted by Crippen LogP contribution is -2.44. The Bertz CT molecular complexity index is 1040. The van der Waals surface area contributed by atoms with E-state index >= 15 is 0 Å². The van der Waals surface area contributed by atoms with Crippen LogP contribution in [0.3, 0.4) is 0 Å². The van der Waals surface area contributed by atoms with E-state index < -0.39 is 27.3 Å². The first kappa shape index (κ1) is 21.2. The lowest BCUT2D eigenvalue weighted by Gasteiger charge is -2.26. The second-order valence-electron chi connectivity index (χ2n) is 6.61. The molecular formula is C19H22FN3O5S. The Balaban J connectivity index is 1.73. The van der Waals surface area contributed by atoms with Crippen LogP contribution in [0.5, 0.6) is 0 Å². The van der Waals surface area contributed by atoms with Crippen LogP contribution in [0.4, 0.5) is 4.39 Å². The number of aromatic nitrogens is 1. The molecule has 1 saturated heterocycles. The molecule has 1 aliphatic heterocycles. The van der Waals surface area contributed by atoms with E-state index in [2.05, 4.69) is 5.32 Å². The number of nitrogens with zero attached hydrogens (tertiary/aromatic N) is 2. The number of morpholine rings is 1. The summed E-state index contributed by atoms with van der Waals surface area (Å²) in [6.07, 6.45) is 1.50. The van der Waals surface area contributed by atoms with Crippen LogP contribution in [0, 0.1) is 12.7 Å². The van der Waals surface area contributed by atoms with Crippen LogP contribution in [0.25, 0.3) is 5.69 Å². The summed E-state index contributed by atoms with van der Waals surface area (Å²) in [7, 11) is -3.52. The van der Waals surface area contributed by atoms with Gasteiger partial charge in [0.2, 0.25) is 10.0 Å². The number of hydrogen-bond donors (Lipinski definition) is 1. The molecule has 156 valence electrons. The van der Waals surface area contributed by atoms with Crippen LogP contribution in [0.15, 0.2) is 41.3 Å². The predicted octanol–water partition coefficient (Wildman–Crippen LogP) is 0.677. The van der Waals surface area contributed by atoms with E-state index in [4.69, 9.17) is 4.74 Å². The Hall–Kier alpha value is -2.56. The second-order valence-corrected chi connectivity index (χ2v) is 8.70. The predicted molar refractivity (Wildman–Crippen MR) is 105 cm³/mol. The molecule has 1 N–H and O–H groups in total. The van der Waals surface area contributed by atoms with Gasteiger partial charge >= 0.3 is 0 Å². The van der Waals surface area contributed by atoms with Gasteiger partial charge in [0.1, 0.15) is 11.4 Å². The standard InChI is InChI=1S/C19H22FN3O5S/c1-14-6-8-23(16-4-2-15(20)3-5-16)19(25)17(14)18(24)21-7-13-29(26,27)22-9-11-28-12-10-22/h2-6,8H,7,9-13H2,1H3,(H,21,24). The van der Waals surface area contributed by atoms with Crippen LogP contribution < -0.4 is 10.9 Å². The maximum atomic E-state index is 13.1. The highest BCUT2D eigenvalue weighted by Crippen LogP contribution is 2.10. The minimum atomic E-state index is -3.52. The van der Waals surface area contributed by atoms with Crippen molar-refractivity contribution < 1.29 is 22.3 Å². The molecule has 0 spiro atoms. The van der Waals surface area contributed by atoms with E-state index in [0.29, 0.717) is 24.5 Å². The molecule has 2 aromatic rings. The van der Waals surface area contributed by atoms with Crippen LogP contribution in [0.2, 0.25) is 0 Å². The molecule has 0 bridgehead atoms. The fourth-order valence-electron chi connectivity index (χ4n) is 3.04. The fourth-order valence-corrected chi connectivity index (χ4v) is 4.37. The molecule has 8 nitrogen and oxygen atoms in total. The Morgan fingerprint density at radius 3 is 2.48 bits per heavy atom. The number of carbonyl (C=O) groups is 1. The van der Waals surface area contributed by atoms with E-state index in [1.165, 1.54) is 39.3 Å². The van der Waals surface area contributed by atoms with Gasteiger partial charge in [0, 0.05) is 31.5 Å². The quantitative estimate of drug-likeness (QED) is 0.737. The number of sulfonamides is 1. The summed E-state index contributed by atoms with van der Waals surface area (Å²) in [5.74, 6) is -1.36. The SMILES string of the molecule is Cc1ccn(-c2ccc(F)cc2)c(=O)c1C(=O)NCCS(=O)(=O)N1CCOCC1. The molecular weight excluding hydrogens is 401 g/mol. The number of carbonyl (C=O) groups excluding carboxylic acids is 1. The van der Waals surface area contributed by atoms with Crippen molar-refractivity contribution in [1.29, 1.82) is 0 Å². The largest absolute Gasteiger partial charge is 0.379 e. The van der Waals surface area contributed by atoms with Gasteiger partial charge in [0.25, 0.3) is 11.5 Å². The number of ether oxygens (including phenoxy) is 1. The number of hydrogen-bond acceptors (Lipinski definition) is 5. The molecule has 3 rings (SSSR count). The lowest BCUT2D eigenvalue weighted by atomic mass is 10.1. The van der Waals surface area contributed by atoms with Gasteiger partial charge in [-0.1, -0.05) is 0 Å². The average Bonchev–Trinajstić information content (AvgIpc) is 2.70. The van der Waals surface area contributed by atoms with Crippen molar-refractivity contribution in [3.63, 3.8) is 0 Å². The average molecular weight is 423 g/mol. The van der Waals surface area contributed by atoms with Gasteiger partial charge in [-0.05, 0) is 42.8 Å². The highest BCUT2D eigenvalue weighted by atomic mass is 32.2. The zero-order valence-electron chi connectivity index (χ0n) is 15.9. The first-order valence-corrected chi connectivity index (χ1v) is 10.7. The highest BCUT2D eigenvalue weighted by molar-refractivity contribution is 7.89. The van der Waals surface area contributed by atoms with Crippen molar-refractivity contribution in [2.45, 2.75) is 6.92 Å². The third-order valence-corrected chi connectivity index (χ3v) is 6.51. The fraction of sp³-hybridized carbons (Fsp3) is 0.368.